The summed E-state index contributed by atoms with van der Waals surface area (Å²) in [6, 6.07) is 9.01. The lowest BCUT2D eigenvalue weighted by Gasteiger charge is -2.31. The average Bonchev–Trinajstić information content (AvgIpc) is 3.37. The Labute approximate surface area is 191 Å². The molecule has 1 aromatic heterocycles. The van der Waals surface area contributed by atoms with E-state index in [-0.39, 0.29) is 42.9 Å². The van der Waals surface area contributed by atoms with Gasteiger partial charge in [0.15, 0.2) is 5.76 Å². The molecule has 0 unspecified atom stereocenters. The first-order chi connectivity index (χ1) is 15.8. The Morgan fingerprint density at radius 1 is 1.03 bits per heavy atom. The Hall–Kier alpha value is -3.38. The van der Waals surface area contributed by atoms with E-state index in [2.05, 4.69) is 16.0 Å². The van der Waals surface area contributed by atoms with Gasteiger partial charge < -0.3 is 25.1 Å². The molecular weight excluding hydrogens is 452 g/mol. The Balaban J connectivity index is 1.38. The minimum atomic E-state index is -3.62. The number of nitrogens with zero attached hydrogens (tertiary/aromatic N) is 1. The Morgan fingerprint density at radius 2 is 1.70 bits per heavy atom. The fourth-order valence-electron chi connectivity index (χ4n) is 3.31. The molecule has 3 amide bonds. The number of sulfonamides is 1. The highest BCUT2D eigenvalue weighted by Gasteiger charge is 2.30. The third kappa shape index (κ3) is 6.56. The van der Waals surface area contributed by atoms with Crippen LogP contribution >= 0.6 is 0 Å². The molecule has 3 rings (SSSR count). The molecule has 0 spiro atoms. The Bertz CT molecular complexity index is 1060. The Kier molecular flexibility index (Phi) is 8.06. The van der Waals surface area contributed by atoms with Crippen molar-refractivity contribution in [1.29, 1.82) is 0 Å². The van der Waals surface area contributed by atoms with Gasteiger partial charge in [-0.05, 0) is 49.2 Å². The van der Waals surface area contributed by atoms with Crippen molar-refractivity contribution in [3.63, 3.8) is 0 Å². The van der Waals surface area contributed by atoms with Crippen LogP contribution in [0.1, 0.15) is 23.4 Å². The first-order valence-electron chi connectivity index (χ1n) is 10.3. The number of hydrogen-bond acceptors (Lipinski definition) is 7. The van der Waals surface area contributed by atoms with E-state index in [1.165, 1.54) is 35.9 Å². The summed E-state index contributed by atoms with van der Waals surface area (Å²) in [7, 11) is -2.11. The molecule has 2 aromatic rings. The van der Waals surface area contributed by atoms with E-state index in [0.717, 1.165) is 0 Å². The van der Waals surface area contributed by atoms with Crippen molar-refractivity contribution in [2.75, 3.05) is 33.3 Å². The van der Waals surface area contributed by atoms with E-state index < -0.39 is 27.7 Å². The molecule has 1 aliphatic rings. The number of rotatable bonds is 9. The van der Waals surface area contributed by atoms with Crippen LogP contribution in [0.15, 0.2) is 52.0 Å². The number of carbonyl (C=O) groups is 3. The van der Waals surface area contributed by atoms with Gasteiger partial charge in [0.2, 0.25) is 21.8 Å². The van der Waals surface area contributed by atoms with E-state index in [9.17, 15) is 22.8 Å². The zero-order chi connectivity index (χ0) is 23.8. The molecule has 12 heteroatoms. The van der Waals surface area contributed by atoms with Crippen molar-refractivity contribution in [1.82, 2.24) is 20.3 Å². The average molecular weight is 479 g/mol. The summed E-state index contributed by atoms with van der Waals surface area (Å²) in [5, 5.41) is 7.60. The number of hydrogen-bond donors (Lipinski definition) is 3. The molecule has 11 nitrogen and oxygen atoms in total. The zero-order valence-electron chi connectivity index (χ0n) is 18.1. The van der Waals surface area contributed by atoms with Crippen molar-refractivity contribution in [3.05, 3.63) is 48.4 Å². The lowest BCUT2D eigenvalue weighted by atomic mass is 10.1. The minimum absolute atomic E-state index is 0.0842. The number of benzene rings is 1. The van der Waals surface area contributed by atoms with E-state index in [1.807, 2.05) is 0 Å². The van der Waals surface area contributed by atoms with Gasteiger partial charge in [-0.3, -0.25) is 14.4 Å². The quantitative estimate of drug-likeness (QED) is 0.463. The summed E-state index contributed by atoms with van der Waals surface area (Å²) in [6.07, 6.45) is 2.25. The van der Waals surface area contributed by atoms with E-state index >= 15 is 0 Å². The fraction of sp³-hybridized carbons (Fsp3) is 0.381. The monoisotopic (exact) mass is 478 g/mol. The molecule has 0 radical (unpaired) electrons. The summed E-state index contributed by atoms with van der Waals surface area (Å²) in [5.74, 6) is -0.790. The zero-order valence-corrected chi connectivity index (χ0v) is 18.9. The van der Waals surface area contributed by atoms with Crippen LogP contribution in [0.4, 0.5) is 0 Å². The lowest BCUT2D eigenvalue weighted by Crippen LogP contribution is -2.49. The Morgan fingerprint density at radius 3 is 2.30 bits per heavy atom. The molecular formula is C21H26N4O7S. The topological polar surface area (TPSA) is 147 Å². The van der Waals surface area contributed by atoms with Crippen LogP contribution in [-0.2, 0) is 19.6 Å². The molecule has 0 atom stereocenters. The predicted molar refractivity (Wildman–Crippen MR) is 117 cm³/mol. The van der Waals surface area contributed by atoms with Gasteiger partial charge in [0, 0.05) is 19.1 Å². The molecule has 33 heavy (non-hydrogen) atoms. The highest BCUT2D eigenvalue weighted by Crippen LogP contribution is 2.22. The van der Waals surface area contributed by atoms with Crippen molar-refractivity contribution < 1.29 is 32.0 Å². The normalized spacial score (nSPS) is 14.9. The number of carbonyl (C=O) groups excluding carboxylic acids is 3. The molecule has 0 saturated carbocycles. The van der Waals surface area contributed by atoms with E-state index in [1.54, 1.807) is 18.2 Å². The van der Waals surface area contributed by atoms with Gasteiger partial charge in [-0.1, -0.05) is 0 Å². The summed E-state index contributed by atoms with van der Waals surface area (Å²) in [6.45, 7) is -0.0107. The van der Waals surface area contributed by atoms with Gasteiger partial charge in [-0.2, -0.15) is 4.31 Å². The largest absolute Gasteiger partial charge is 0.497 e. The second-order valence-electron chi connectivity index (χ2n) is 7.36. The lowest BCUT2D eigenvalue weighted by molar-refractivity contribution is -0.126. The number of methoxy groups -OCH3 is 1. The van der Waals surface area contributed by atoms with Crippen LogP contribution in [0.2, 0.25) is 0 Å². The first-order valence-corrected chi connectivity index (χ1v) is 11.8. The number of ether oxygens (including phenoxy) is 1. The van der Waals surface area contributed by atoms with Crippen LogP contribution in [0, 0.1) is 0 Å². The highest BCUT2D eigenvalue weighted by atomic mass is 32.2. The van der Waals surface area contributed by atoms with Crippen molar-refractivity contribution >= 4 is 27.7 Å². The maximum atomic E-state index is 12.8. The first kappa shape index (κ1) is 24.3. The van der Waals surface area contributed by atoms with Gasteiger partial charge in [0.05, 0.1) is 31.4 Å². The summed E-state index contributed by atoms with van der Waals surface area (Å²) >= 11 is 0. The molecule has 0 bridgehead atoms. The molecule has 178 valence electrons. The van der Waals surface area contributed by atoms with Gasteiger partial charge in [-0.25, -0.2) is 8.42 Å². The molecule has 1 saturated heterocycles. The fourth-order valence-corrected chi connectivity index (χ4v) is 4.78. The molecule has 1 aliphatic heterocycles. The van der Waals surface area contributed by atoms with Crippen LogP contribution in [0.3, 0.4) is 0 Å². The van der Waals surface area contributed by atoms with Gasteiger partial charge in [0.25, 0.3) is 5.91 Å². The SMILES string of the molecule is COc1ccc(S(=O)(=O)N2CCC(NC(=O)CNC(=O)CNC(=O)c3ccco3)CC2)cc1. The minimum Gasteiger partial charge on any atom is -0.497 e. The molecule has 0 aliphatic carbocycles. The van der Waals surface area contributed by atoms with Crippen molar-refractivity contribution in [3.8, 4) is 5.75 Å². The maximum absolute atomic E-state index is 12.8. The van der Waals surface area contributed by atoms with Crippen LogP contribution in [0.5, 0.6) is 5.75 Å². The number of nitrogens with one attached hydrogen (secondary N) is 3. The standard InChI is InChI=1S/C21H26N4O7S/c1-31-16-4-6-17(7-5-16)33(29,30)25-10-8-15(9-11-25)24-20(27)14-22-19(26)13-23-21(28)18-3-2-12-32-18/h2-7,12,15H,8-11,13-14H2,1H3,(H,22,26)(H,23,28)(H,24,27). The maximum Gasteiger partial charge on any atom is 0.287 e. The third-order valence-corrected chi connectivity index (χ3v) is 7.03. The van der Waals surface area contributed by atoms with Gasteiger partial charge >= 0.3 is 0 Å². The molecule has 2 heterocycles. The summed E-state index contributed by atoms with van der Waals surface area (Å²) in [5.41, 5.74) is 0. The van der Waals surface area contributed by atoms with Crippen LogP contribution < -0.4 is 20.7 Å². The highest BCUT2D eigenvalue weighted by molar-refractivity contribution is 7.89. The number of furan rings is 1. The van der Waals surface area contributed by atoms with E-state index in [0.29, 0.717) is 18.6 Å². The smallest absolute Gasteiger partial charge is 0.287 e. The van der Waals surface area contributed by atoms with Crippen molar-refractivity contribution in [2.24, 2.45) is 0 Å². The molecule has 1 aromatic carbocycles. The van der Waals surface area contributed by atoms with E-state index in [4.69, 9.17) is 9.15 Å². The van der Waals surface area contributed by atoms with Gasteiger partial charge in [-0.15, -0.1) is 0 Å². The summed E-state index contributed by atoms with van der Waals surface area (Å²) < 4.78 is 36.9. The van der Waals surface area contributed by atoms with Crippen LogP contribution in [-0.4, -0.2) is 69.8 Å². The number of amides is 3. The third-order valence-electron chi connectivity index (χ3n) is 5.12. The number of piperidine rings is 1. The molecule has 1 fully saturated rings. The predicted octanol–water partition coefficient (Wildman–Crippen LogP) is 0.104. The second kappa shape index (κ2) is 11.0. The van der Waals surface area contributed by atoms with Crippen molar-refractivity contribution in [2.45, 2.75) is 23.8 Å². The summed E-state index contributed by atoms with van der Waals surface area (Å²) in [4.78, 5) is 35.9. The molecule has 3 N–H and O–H groups in total. The van der Waals surface area contributed by atoms with Crippen LogP contribution in [0.25, 0.3) is 0 Å². The second-order valence-corrected chi connectivity index (χ2v) is 9.30. The van der Waals surface area contributed by atoms with Gasteiger partial charge in [0.1, 0.15) is 5.75 Å².